The largest absolute Gasteiger partial charge is 0.378 e. The Hall–Kier alpha value is -0.540. The molecule has 0 aliphatic carbocycles. The molecule has 0 aliphatic rings. The molecule has 6 nitrogen and oxygen atoms in total. The van der Waals surface area contributed by atoms with Crippen molar-refractivity contribution in [3.05, 3.63) is 0 Å². The predicted octanol–water partition coefficient (Wildman–Crippen LogP) is 1.82. The summed E-state index contributed by atoms with van der Waals surface area (Å²) in [6.07, 6.45) is 10.5. The summed E-state index contributed by atoms with van der Waals surface area (Å²) >= 11 is 11.1. The van der Waals surface area contributed by atoms with Crippen molar-refractivity contribution in [3.63, 3.8) is 0 Å². The van der Waals surface area contributed by atoms with E-state index < -0.39 is 5.41 Å². The van der Waals surface area contributed by atoms with Crippen LogP contribution in [0.2, 0.25) is 0 Å². The van der Waals surface area contributed by atoms with Crippen LogP contribution in [-0.4, -0.2) is 91.0 Å². The third kappa shape index (κ3) is 16.1. The molecule has 8 heteroatoms. The third-order valence-electron chi connectivity index (χ3n) is 3.19. The van der Waals surface area contributed by atoms with Gasteiger partial charge in [0.2, 0.25) is 0 Å². The maximum absolute atomic E-state index is 5.74. The van der Waals surface area contributed by atoms with Crippen LogP contribution in [0.3, 0.4) is 0 Å². The predicted molar refractivity (Wildman–Crippen MR) is 106 cm³/mol. The normalized spacial score (nSPS) is 11.3. The van der Waals surface area contributed by atoms with Gasteiger partial charge < -0.3 is 28.4 Å². The van der Waals surface area contributed by atoms with Gasteiger partial charge in [0.05, 0.1) is 71.5 Å². The maximum Gasteiger partial charge on any atom is 0.107 e. The molecular formula is C19H30Cl2O6. The quantitative estimate of drug-likeness (QED) is 0.169. The highest BCUT2D eigenvalue weighted by molar-refractivity contribution is 6.18. The van der Waals surface area contributed by atoms with Gasteiger partial charge in [0.15, 0.2) is 0 Å². The molecule has 0 spiro atoms. The summed E-state index contributed by atoms with van der Waals surface area (Å²) in [4.78, 5) is 0. The van der Waals surface area contributed by atoms with Gasteiger partial charge in [0, 0.05) is 11.8 Å². The fourth-order valence-electron chi connectivity index (χ4n) is 2.03. The van der Waals surface area contributed by atoms with Crippen molar-refractivity contribution < 1.29 is 28.4 Å². The lowest BCUT2D eigenvalue weighted by Gasteiger charge is -2.32. The first kappa shape index (κ1) is 26.5. The molecule has 156 valence electrons. The van der Waals surface area contributed by atoms with Crippen LogP contribution in [0.15, 0.2) is 0 Å². The van der Waals surface area contributed by atoms with Crippen molar-refractivity contribution in [3.8, 4) is 24.7 Å². The van der Waals surface area contributed by atoms with Gasteiger partial charge in [0.25, 0.3) is 0 Å². The van der Waals surface area contributed by atoms with E-state index in [9.17, 15) is 0 Å². The molecule has 0 aromatic heterocycles. The fourth-order valence-corrected chi connectivity index (χ4v) is 2.25. The number of alkyl halides is 2. The van der Waals surface area contributed by atoms with E-state index in [4.69, 9.17) is 64.5 Å². The third-order valence-corrected chi connectivity index (χ3v) is 3.50. The number of halogens is 2. The molecule has 27 heavy (non-hydrogen) atoms. The number of hydrogen-bond acceptors (Lipinski definition) is 6. The number of rotatable bonds is 20. The van der Waals surface area contributed by atoms with Gasteiger partial charge in [0.1, 0.15) is 13.2 Å². The average molecular weight is 425 g/mol. The highest BCUT2D eigenvalue weighted by atomic mass is 35.5. The molecule has 0 unspecified atom stereocenters. The van der Waals surface area contributed by atoms with Crippen LogP contribution in [0.5, 0.6) is 0 Å². The zero-order chi connectivity index (χ0) is 20.1. The van der Waals surface area contributed by atoms with Crippen LogP contribution in [-0.2, 0) is 28.4 Å². The molecule has 0 fully saturated rings. The van der Waals surface area contributed by atoms with E-state index in [0.717, 1.165) is 0 Å². The van der Waals surface area contributed by atoms with Crippen molar-refractivity contribution in [1.29, 1.82) is 0 Å². The Morgan fingerprint density at radius 1 is 0.556 bits per heavy atom. The second kappa shape index (κ2) is 20.2. The zero-order valence-corrected chi connectivity index (χ0v) is 17.3. The molecule has 0 saturated carbocycles. The number of hydrogen-bond donors (Lipinski definition) is 0. The first-order chi connectivity index (χ1) is 13.2. The first-order valence-corrected chi connectivity index (χ1v) is 9.77. The first-order valence-electron chi connectivity index (χ1n) is 8.70. The Morgan fingerprint density at radius 2 is 0.926 bits per heavy atom. The molecule has 0 radical (unpaired) electrons. The Balaban J connectivity index is 4.58. The molecule has 0 heterocycles. The molecule has 0 rings (SSSR count). The second-order valence-corrected chi connectivity index (χ2v) is 6.36. The lowest BCUT2D eigenvalue weighted by atomic mass is 9.92. The van der Waals surface area contributed by atoms with E-state index in [0.29, 0.717) is 77.8 Å². The van der Waals surface area contributed by atoms with E-state index in [2.05, 4.69) is 11.8 Å². The zero-order valence-electron chi connectivity index (χ0n) is 15.8. The topological polar surface area (TPSA) is 55.4 Å². The van der Waals surface area contributed by atoms with Crippen LogP contribution < -0.4 is 0 Å². The lowest BCUT2D eigenvalue weighted by molar-refractivity contribution is -0.108. The van der Waals surface area contributed by atoms with Crippen LogP contribution in [0, 0.1) is 30.1 Å². The van der Waals surface area contributed by atoms with Crippen LogP contribution in [0.4, 0.5) is 0 Å². The van der Waals surface area contributed by atoms with E-state index >= 15 is 0 Å². The Kier molecular flexibility index (Phi) is 19.8. The standard InChI is InChI=1S/C19H30Cl2O6/c1-3-7-24-15-19(16-25-8-4-2,17-26-13-11-22-9-5-20)18-27-14-12-23-10-6-21/h1-2H,5-18H2. The summed E-state index contributed by atoms with van der Waals surface area (Å²) in [6.45, 7) is 4.39. The molecule has 0 amide bonds. The van der Waals surface area contributed by atoms with Gasteiger partial charge in [-0.1, -0.05) is 11.8 Å². The van der Waals surface area contributed by atoms with E-state index in [1.165, 1.54) is 0 Å². The van der Waals surface area contributed by atoms with Crippen molar-refractivity contribution in [1.82, 2.24) is 0 Å². The lowest BCUT2D eigenvalue weighted by Crippen LogP contribution is -2.42. The van der Waals surface area contributed by atoms with Crippen molar-refractivity contribution >= 4 is 23.2 Å². The molecule has 0 saturated heterocycles. The highest BCUT2D eigenvalue weighted by Crippen LogP contribution is 2.20. The minimum atomic E-state index is -0.549. The Morgan fingerprint density at radius 3 is 1.30 bits per heavy atom. The average Bonchev–Trinajstić information content (AvgIpc) is 2.67. The Bertz CT molecular complexity index is 370. The minimum absolute atomic E-state index is 0.189. The monoisotopic (exact) mass is 424 g/mol. The molecular weight excluding hydrogens is 395 g/mol. The van der Waals surface area contributed by atoms with Gasteiger partial charge in [-0.15, -0.1) is 36.0 Å². The highest BCUT2D eigenvalue weighted by Gasteiger charge is 2.32. The van der Waals surface area contributed by atoms with Gasteiger partial charge in [-0.3, -0.25) is 0 Å². The van der Waals surface area contributed by atoms with Crippen molar-refractivity contribution in [2.75, 3.05) is 91.0 Å². The van der Waals surface area contributed by atoms with Gasteiger partial charge in [-0.25, -0.2) is 0 Å². The van der Waals surface area contributed by atoms with Crippen LogP contribution in [0.25, 0.3) is 0 Å². The molecule has 0 atom stereocenters. The van der Waals surface area contributed by atoms with Gasteiger partial charge in [-0.2, -0.15) is 0 Å². The second-order valence-electron chi connectivity index (χ2n) is 5.60. The molecule has 0 aromatic carbocycles. The molecule has 0 aliphatic heterocycles. The Labute approximate surface area is 173 Å². The van der Waals surface area contributed by atoms with Crippen molar-refractivity contribution in [2.24, 2.45) is 5.41 Å². The minimum Gasteiger partial charge on any atom is -0.378 e. The van der Waals surface area contributed by atoms with E-state index in [1.54, 1.807) is 0 Å². The summed E-state index contributed by atoms with van der Waals surface area (Å²) in [5.41, 5.74) is -0.549. The maximum atomic E-state index is 5.74. The van der Waals surface area contributed by atoms with E-state index in [1.807, 2.05) is 0 Å². The smallest absolute Gasteiger partial charge is 0.107 e. The summed E-state index contributed by atoms with van der Waals surface area (Å²) < 4.78 is 33.2. The molecule has 0 aromatic rings. The summed E-state index contributed by atoms with van der Waals surface area (Å²) in [5, 5.41) is 0. The number of terminal acetylenes is 2. The van der Waals surface area contributed by atoms with E-state index in [-0.39, 0.29) is 13.2 Å². The van der Waals surface area contributed by atoms with Gasteiger partial charge >= 0.3 is 0 Å². The number of ether oxygens (including phenoxy) is 6. The summed E-state index contributed by atoms with van der Waals surface area (Å²) in [5.74, 6) is 5.79. The van der Waals surface area contributed by atoms with Crippen LogP contribution in [0.1, 0.15) is 0 Å². The summed E-state index contributed by atoms with van der Waals surface area (Å²) in [6, 6.07) is 0. The SMILES string of the molecule is C#CCOCC(COCC#C)(COCCOCCCl)COCCOCCCl. The molecule has 0 bridgehead atoms. The summed E-state index contributed by atoms with van der Waals surface area (Å²) in [7, 11) is 0. The fraction of sp³-hybridized carbons (Fsp3) is 0.789. The van der Waals surface area contributed by atoms with Crippen molar-refractivity contribution in [2.45, 2.75) is 0 Å². The molecule has 0 N–H and O–H groups in total. The van der Waals surface area contributed by atoms with Gasteiger partial charge in [-0.05, 0) is 0 Å². The van der Waals surface area contributed by atoms with Crippen LogP contribution >= 0.6 is 23.2 Å².